The highest BCUT2D eigenvalue weighted by Gasteiger charge is 2.01. The van der Waals surface area contributed by atoms with Crippen LogP contribution in [-0.2, 0) is 0 Å². The first kappa shape index (κ1) is 7.92. The van der Waals surface area contributed by atoms with Crippen molar-refractivity contribution in [1.82, 2.24) is 0 Å². The van der Waals surface area contributed by atoms with Gasteiger partial charge in [-0.2, -0.15) is 0 Å². The Morgan fingerprint density at radius 1 is 1.45 bits per heavy atom. The van der Waals surface area contributed by atoms with Crippen LogP contribution in [0.2, 0.25) is 0 Å². The highest BCUT2D eigenvalue weighted by atomic mass is 18.2. The summed E-state index contributed by atoms with van der Waals surface area (Å²) in [5.74, 6) is -0.303. The summed E-state index contributed by atoms with van der Waals surface area (Å²) < 4.78 is 12.7. The molecule has 0 saturated carbocycles. The normalized spacial score (nSPS) is 9.73. The fraction of sp³-hybridized carbons (Fsp3) is 0.222. The molecule has 0 radical (unpaired) electrons. The lowest BCUT2D eigenvalue weighted by atomic mass is 10.1. The standard InChI is InChI=1S/C9H9FO/c1-6-5-8(7(2)11)3-4-9(6)10/h3-5H,1-2H3/i10-1. The Balaban J connectivity index is 3.15. The van der Waals surface area contributed by atoms with Crippen molar-refractivity contribution in [3.63, 3.8) is 0 Å². The molecule has 0 spiro atoms. The van der Waals surface area contributed by atoms with Crippen LogP contribution in [0.1, 0.15) is 22.8 Å². The van der Waals surface area contributed by atoms with Gasteiger partial charge in [-0.3, -0.25) is 4.79 Å². The summed E-state index contributed by atoms with van der Waals surface area (Å²) in [5.41, 5.74) is 1.07. The summed E-state index contributed by atoms with van der Waals surface area (Å²) in [6.45, 7) is 3.11. The molecule has 0 aromatic heterocycles. The summed E-state index contributed by atoms with van der Waals surface area (Å²) >= 11 is 0. The molecule has 2 heteroatoms. The lowest BCUT2D eigenvalue weighted by Gasteiger charge is -1.97. The Kier molecular flexibility index (Phi) is 2.03. The van der Waals surface area contributed by atoms with Gasteiger partial charge in [-0.25, -0.2) is 4.39 Å². The molecule has 0 bridgehead atoms. The minimum absolute atomic E-state index is 0.0342. The molecule has 0 unspecified atom stereocenters. The van der Waals surface area contributed by atoms with Crippen LogP contribution in [-0.4, -0.2) is 5.78 Å². The maximum absolute atomic E-state index is 12.7. The zero-order chi connectivity index (χ0) is 8.43. The number of carbonyl (C=O) groups excluding carboxylic acids is 1. The number of rotatable bonds is 1. The first-order valence-electron chi connectivity index (χ1n) is 3.38. The third-order valence-electron chi connectivity index (χ3n) is 1.56. The highest BCUT2D eigenvalue weighted by molar-refractivity contribution is 5.94. The van der Waals surface area contributed by atoms with Crippen molar-refractivity contribution in [1.29, 1.82) is 0 Å². The van der Waals surface area contributed by atoms with E-state index in [4.69, 9.17) is 0 Å². The van der Waals surface area contributed by atoms with Crippen molar-refractivity contribution in [2.45, 2.75) is 13.8 Å². The van der Waals surface area contributed by atoms with Gasteiger partial charge in [0.15, 0.2) is 5.78 Å². The lowest BCUT2D eigenvalue weighted by molar-refractivity contribution is 0.101. The summed E-state index contributed by atoms with van der Waals surface area (Å²) in [4.78, 5) is 10.8. The van der Waals surface area contributed by atoms with Gasteiger partial charge in [0, 0.05) is 5.56 Å². The molecule has 58 valence electrons. The van der Waals surface area contributed by atoms with Gasteiger partial charge in [0.1, 0.15) is 5.82 Å². The van der Waals surface area contributed by atoms with Crippen LogP contribution in [0.3, 0.4) is 0 Å². The zero-order valence-electron chi connectivity index (χ0n) is 6.52. The smallest absolute Gasteiger partial charge is 0.159 e. The van der Waals surface area contributed by atoms with Crippen molar-refractivity contribution in [2.24, 2.45) is 0 Å². The van der Waals surface area contributed by atoms with Crippen LogP contribution < -0.4 is 0 Å². The van der Waals surface area contributed by atoms with E-state index in [1.165, 1.54) is 19.1 Å². The first-order chi connectivity index (χ1) is 5.11. The van der Waals surface area contributed by atoms with Gasteiger partial charge in [0.2, 0.25) is 0 Å². The van der Waals surface area contributed by atoms with Gasteiger partial charge >= 0.3 is 0 Å². The lowest BCUT2D eigenvalue weighted by Crippen LogP contribution is -1.93. The van der Waals surface area contributed by atoms with Crippen LogP contribution in [0.25, 0.3) is 0 Å². The predicted octanol–water partition coefficient (Wildman–Crippen LogP) is 2.34. The molecular weight excluding hydrogens is 142 g/mol. The second-order valence-corrected chi connectivity index (χ2v) is 2.52. The van der Waals surface area contributed by atoms with Gasteiger partial charge in [-0.1, -0.05) is 0 Å². The largest absolute Gasteiger partial charge is 0.295 e. The van der Waals surface area contributed by atoms with E-state index in [1.807, 2.05) is 0 Å². The van der Waals surface area contributed by atoms with Crippen molar-refractivity contribution in [3.05, 3.63) is 35.1 Å². The fourth-order valence-corrected chi connectivity index (χ4v) is 0.864. The molecule has 0 heterocycles. The van der Waals surface area contributed by atoms with Crippen LogP contribution in [0, 0.1) is 12.7 Å². The SMILES string of the molecule is CC(=O)c1ccc([18F])c(C)c1. The summed E-state index contributed by atoms with van der Waals surface area (Å²) in [5, 5.41) is 0. The Labute approximate surface area is 64.9 Å². The molecule has 1 nitrogen and oxygen atoms in total. The van der Waals surface area contributed by atoms with Crippen molar-refractivity contribution >= 4 is 5.78 Å². The summed E-state index contributed by atoms with van der Waals surface area (Å²) in [6, 6.07) is 4.36. The molecule has 1 aromatic carbocycles. The fourth-order valence-electron chi connectivity index (χ4n) is 0.864. The van der Waals surface area contributed by atoms with E-state index in [0.717, 1.165) is 0 Å². The van der Waals surface area contributed by atoms with Crippen molar-refractivity contribution in [3.8, 4) is 0 Å². The highest BCUT2D eigenvalue weighted by Crippen LogP contribution is 2.09. The molecule has 0 saturated heterocycles. The van der Waals surface area contributed by atoms with Crippen LogP contribution >= 0.6 is 0 Å². The van der Waals surface area contributed by atoms with Crippen molar-refractivity contribution < 1.29 is 9.18 Å². The van der Waals surface area contributed by atoms with E-state index in [-0.39, 0.29) is 11.6 Å². The Morgan fingerprint density at radius 3 is 2.55 bits per heavy atom. The quantitative estimate of drug-likeness (QED) is 0.563. The third-order valence-corrected chi connectivity index (χ3v) is 1.56. The van der Waals surface area contributed by atoms with E-state index in [2.05, 4.69) is 0 Å². The number of hydrogen-bond acceptors (Lipinski definition) is 1. The average Bonchev–Trinajstić information content (AvgIpc) is 1.94. The number of carbonyl (C=O) groups is 1. The minimum atomic E-state index is -0.269. The maximum atomic E-state index is 12.7. The van der Waals surface area contributed by atoms with Crippen LogP contribution in [0.15, 0.2) is 18.2 Å². The van der Waals surface area contributed by atoms with Gasteiger partial charge < -0.3 is 0 Å². The second-order valence-electron chi connectivity index (χ2n) is 2.52. The van der Waals surface area contributed by atoms with E-state index in [0.29, 0.717) is 11.1 Å². The molecular formula is C9H9FO. The van der Waals surface area contributed by atoms with Gasteiger partial charge in [-0.05, 0) is 37.6 Å². The monoisotopic (exact) mass is 151 g/mol. The molecule has 0 aliphatic rings. The number of benzene rings is 1. The molecule has 1 rings (SSSR count). The topological polar surface area (TPSA) is 17.1 Å². The van der Waals surface area contributed by atoms with E-state index in [1.54, 1.807) is 13.0 Å². The van der Waals surface area contributed by atoms with Gasteiger partial charge in [0.25, 0.3) is 0 Å². The Hall–Kier alpha value is -1.18. The average molecular weight is 151 g/mol. The molecule has 0 atom stereocenters. The van der Waals surface area contributed by atoms with E-state index >= 15 is 0 Å². The van der Waals surface area contributed by atoms with Gasteiger partial charge in [-0.15, -0.1) is 0 Å². The Morgan fingerprint density at radius 2 is 2.09 bits per heavy atom. The molecule has 0 aliphatic heterocycles. The second kappa shape index (κ2) is 2.82. The Bertz CT molecular complexity index is 292. The van der Waals surface area contributed by atoms with Crippen LogP contribution in [0.5, 0.6) is 0 Å². The summed E-state index contributed by atoms with van der Waals surface area (Å²) in [6.07, 6.45) is 0. The van der Waals surface area contributed by atoms with Gasteiger partial charge in [0.05, 0.1) is 0 Å². The number of aryl methyl sites for hydroxylation is 1. The molecule has 0 fully saturated rings. The van der Waals surface area contributed by atoms with Crippen LogP contribution in [0.4, 0.5) is 4.39 Å². The molecule has 0 amide bonds. The number of Topliss-reactive ketones (excluding diaryl/α,β-unsaturated/α-hetero) is 1. The number of halogens is 1. The third kappa shape index (κ3) is 1.64. The molecule has 0 N–H and O–H groups in total. The van der Waals surface area contributed by atoms with E-state index in [9.17, 15) is 9.18 Å². The number of hydrogen-bond donors (Lipinski definition) is 0. The summed E-state index contributed by atoms with van der Waals surface area (Å²) in [7, 11) is 0. The minimum Gasteiger partial charge on any atom is -0.295 e. The molecule has 0 aliphatic carbocycles. The number of ketones is 1. The zero-order valence-corrected chi connectivity index (χ0v) is 6.52. The van der Waals surface area contributed by atoms with E-state index < -0.39 is 0 Å². The maximum Gasteiger partial charge on any atom is 0.159 e. The molecule has 11 heavy (non-hydrogen) atoms. The molecule has 1 aromatic rings. The van der Waals surface area contributed by atoms with Crippen molar-refractivity contribution in [2.75, 3.05) is 0 Å². The predicted molar refractivity (Wildman–Crippen MR) is 41.1 cm³/mol. The first-order valence-corrected chi connectivity index (χ1v) is 3.38.